The molecule has 8 nitrogen and oxygen atoms in total. The van der Waals surface area contributed by atoms with Crippen molar-refractivity contribution < 1.29 is 23.9 Å². The maximum atomic E-state index is 13.5. The standard InChI is InChI=1S/C24H30N4O4S/c29-21(27-23-25-10-4-11-26-23)16-28-12-8-17(9-13-28)19(15-28)32-22(30)24(31,18-5-1-2-6-18)20-7-3-14-33-20/h3-4,7,10-11,14,17-19,31H,1-2,5-6,8-9,12-13,15-16H2/p+1/t17?,19-,24?,28?/m0/s1. The summed E-state index contributed by atoms with van der Waals surface area (Å²) in [7, 11) is 0. The molecule has 3 saturated heterocycles. The maximum absolute atomic E-state index is 13.5. The number of aliphatic hydroxyl groups is 1. The van der Waals surface area contributed by atoms with E-state index in [0.29, 0.717) is 28.4 Å². The highest BCUT2D eigenvalue weighted by molar-refractivity contribution is 7.10. The van der Waals surface area contributed by atoms with E-state index in [1.165, 1.54) is 11.3 Å². The van der Waals surface area contributed by atoms with Gasteiger partial charge in [-0.05, 0) is 30.4 Å². The van der Waals surface area contributed by atoms with Crippen molar-refractivity contribution in [3.63, 3.8) is 0 Å². The number of nitrogens with zero attached hydrogens (tertiary/aromatic N) is 3. The number of ether oxygens (including phenoxy) is 1. The van der Waals surface area contributed by atoms with Gasteiger partial charge in [-0.25, -0.2) is 14.8 Å². The number of fused-ring (bicyclic) bond motifs is 3. The Morgan fingerprint density at radius 3 is 2.55 bits per heavy atom. The molecule has 3 aliphatic heterocycles. The number of amides is 1. The van der Waals surface area contributed by atoms with Gasteiger partial charge in [0, 0.05) is 41.9 Å². The van der Waals surface area contributed by atoms with Crippen molar-refractivity contribution in [1.29, 1.82) is 0 Å². The molecular formula is C24H31N4O4S+. The summed E-state index contributed by atoms with van der Waals surface area (Å²) in [5.41, 5.74) is -1.58. The molecule has 33 heavy (non-hydrogen) atoms. The van der Waals surface area contributed by atoms with Gasteiger partial charge in [0.2, 0.25) is 5.95 Å². The number of aromatic nitrogens is 2. The van der Waals surface area contributed by atoms with Crippen LogP contribution in [-0.4, -0.2) is 63.7 Å². The second-order valence-corrected chi connectivity index (χ2v) is 10.7. The Morgan fingerprint density at radius 1 is 1.15 bits per heavy atom. The topological polar surface area (TPSA) is 101 Å². The normalized spacial score (nSPS) is 28.9. The van der Waals surface area contributed by atoms with E-state index in [-0.39, 0.29) is 23.8 Å². The minimum Gasteiger partial charge on any atom is -0.454 e. The molecule has 6 rings (SSSR count). The van der Waals surface area contributed by atoms with Crippen LogP contribution in [0, 0.1) is 11.8 Å². The molecule has 9 heteroatoms. The molecular weight excluding hydrogens is 440 g/mol. The zero-order valence-electron chi connectivity index (χ0n) is 18.7. The van der Waals surface area contributed by atoms with Crippen LogP contribution in [0.15, 0.2) is 36.0 Å². The summed E-state index contributed by atoms with van der Waals surface area (Å²) < 4.78 is 6.69. The summed E-state index contributed by atoms with van der Waals surface area (Å²) in [6, 6.07) is 5.41. The molecule has 2 aromatic rings. The van der Waals surface area contributed by atoms with Gasteiger partial charge < -0.3 is 14.3 Å². The molecule has 0 aromatic carbocycles. The number of nitrogens with one attached hydrogen (secondary N) is 1. The molecule has 0 radical (unpaired) electrons. The van der Waals surface area contributed by atoms with Crippen LogP contribution in [0.1, 0.15) is 43.4 Å². The van der Waals surface area contributed by atoms with E-state index >= 15 is 0 Å². The fourth-order valence-electron chi connectivity index (χ4n) is 5.94. The van der Waals surface area contributed by atoms with Gasteiger partial charge in [-0.2, -0.15) is 0 Å². The summed E-state index contributed by atoms with van der Waals surface area (Å²) in [6.07, 6.45) is 8.44. The predicted octanol–water partition coefficient (Wildman–Crippen LogP) is 2.71. The van der Waals surface area contributed by atoms with Crippen molar-refractivity contribution in [2.24, 2.45) is 11.8 Å². The number of hydrogen-bond donors (Lipinski definition) is 2. The van der Waals surface area contributed by atoms with Crippen LogP contribution in [0.5, 0.6) is 0 Å². The van der Waals surface area contributed by atoms with Gasteiger partial charge in [-0.3, -0.25) is 10.1 Å². The highest BCUT2D eigenvalue weighted by atomic mass is 32.1. The number of carbonyl (C=O) groups excluding carboxylic acids is 2. The minimum absolute atomic E-state index is 0.107. The number of carbonyl (C=O) groups is 2. The first-order chi connectivity index (χ1) is 16.0. The second kappa shape index (κ2) is 9.12. The van der Waals surface area contributed by atoms with Crippen LogP contribution in [0.4, 0.5) is 5.95 Å². The molecule has 0 spiro atoms. The maximum Gasteiger partial charge on any atom is 0.344 e. The molecule has 5 heterocycles. The average molecular weight is 472 g/mol. The van der Waals surface area contributed by atoms with E-state index in [9.17, 15) is 14.7 Å². The fourth-order valence-corrected chi connectivity index (χ4v) is 6.83. The van der Waals surface area contributed by atoms with Gasteiger partial charge in [-0.1, -0.05) is 18.9 Å². The number of rotatable bonds is 7. The van der Waals surface area contributed by atoms with E-state index in [0.717, 1.165) is 51.6 Å². The quantitative estimate of drug-likeness (QED) is 0.476. The molecule has 1 saturated carbocycles. The Hall–Kier alpha value is -2.36. The number of quaternary nitrogens is 1. The predicted molar refractivity (Wildman–Crippen MR) is 123 cm³/mol. The Kier molecular flexibility index (Phi) is 6.20. The van der Waals surface area contributed by atoms with Crippen molar-refractivity contribution in [3.8, 4) is 0 Å². The number of hydrogen-bond acceptors (Lipinski definition) is 7. The third-order valence-corrected chi connectivity index (χ3v) is 8.74. The second-order valence-electron chi connectivity index (χ2n) is 9.76. The fraction of sp³-hybridized carbons (Fsp3) is 0.583. The molecule has 2 N–H and O–H groups in total. The Labute approximate surface area is 197 Å². The van der Waals surface area contributed by atoms with Crippen LogP contribution < -0.4 is 5.32 Å². The molecule has 1 amide bonds. The molecule has 4 fully saturated rings. The van der Waals surface area contributed by atoms with Crippen LogP contribution in [0.3, 0.4) is 0 Å². The molecule has 176 valence electrons. The van der Waals surface area contributed by atoms with Gasteiger partial charge in [0.1, 0.15) is 6.54 Å². The highest BCUT2D eigenvalue weighted by Gasteiger charge is 2.53. The van der Waals surface area contributed by atoms with Crippen molar-refractivity contribution in [2.75, 3.05) is 31.5 Å². The van der Waals surface area contributed by atoms with Crippen molar-refractivity contribution in [2.45, 2.75) is 50.2 Å². The lowest BCUT2D eigenvalue weighted by Gasteiger charge is -2.51. The van der Waals surface area contributed by atoms with Crippen molar-refractivity contribution in [1.82, 2.24) is 9.97 Å². The number of esters is 1. The summed E-state index contributed by atoms with van der Waals surface area (Å²) in [4.78, 5) is 35.0. The minimum atomic E-state index is -1.58. The van der Waals surface area contributed by atoms with E-state index < -0.39 is 11.6 Å². The lowest BCUT2D eigenvalue weighted by molar-refractivity contribution is -0.939. The first-order valence-electron chi connectivity index (χ1n) is 11.9. The van der Waals surface area contributed by atoms with Gasteiger partial charge in [0.25, 0.3) is 5.91 Å². The smallest absolute Gasteiger partial charge is 0.344 e. The lowest BCUT2D eigenvalue weighted by atomic mass is 9.82. The summed E-state index contributed by atoms with van der Waals surface area (Å²) in [5, 5.41) is 16.3. The van der Waals surface area contributed by atoms with Gasteiger partial charge in [0.15, 0.2) is 18.2 Å². The molecule has 1 unspecified atom stereocenters. The summed E-state index contributed by atoms with van der Waals surface area (Å²) in [6.45, 7) is 2.68. The van der Waals surface area contributed by atoms with E-state index in [4.69, 9.17) is 4.74 Å². The Morgan fingerprint density at radius 2 is 1.88 bits per heavy atom. The van der Waals surface area contributed by atoms with E-state index in [1.807, 2.05) is 17.5 Å². The van der Waals surface area contributed by atoms with Crippen LogP contribution >= 0.6 is 11.3 Å². The lowest BCUT2D eigenvalue weighted by Crippen LogP contribution is -2.66. The monoisotopic (exact) mass is 471 g/mol. The summed E-state index contributed by atoms with van der Waals surface area (Å²) >= 11 is 1.41. The molecule has 2 bridgehead atoms. The number of anilines is 1. The highest BCUT2D eigenvalue weighted by Crippen LogP contribution is 2.44. The molecule has 1 aliphatic carbocycles. The zero-order valence-corrected chi connectivity index (χ0v) is 19.5. The zero-order chi connectivity index (χ0) is 22.9. The average Bonchev–Trinajstić information content (AvgIpc) is 3.54. The number of piperidine rings is 3. The van der Waals surface area contributed by atoms with Crippen LogP contribution in [-0.2, 0) is 19.9 Å². The van der Waals surface area contributed by atoms with Crippen LogP contribution in [0.2, 0.25) is 0 Å². The third-order valence-electron chi connectivity index (χ3n) is 7.75. The Balaban J connectivity index is 1.28. The SMILES string of the molecule is O=C(C[N+]12CCC(CC1)[C@@H](OC(=O)C(O)(c1cccs1)C1CCCC1)C2)Nc1ncccn1. The van der Waals surface area contributed by atoms with Crippen molar-refractivity contribution >= 4 is 29.2 Å². The van der Waals surface area contributed by atoms with Crippen LogP contribution in [0.25, 0.3) is 0 Å². The van der Waals surface area contributed by atoms with E-state index in [2.05, 4.69) is 15.3 Å². The molecule has 2 aromatic heterocycles. The van der Waals surface area contributed by atoms with Crippen molar-refractivity contribution in [3.05, 3.63) is 40.8 Å². The molecule has 2 atom stereocenters. The van der Waals surface area contributed by atoms with Gasteiger partial charge >= 0.3 is 5.97 Å². The number of thiophene rings is 1. The van der Waals surface area contributed by atoms with Gasteiger partial charge in [0.05, 0.1) is 13.1 Å². The first kappa shape index (κ1) is 22.4. The van der Waals surface area contributed by atoms with E-state index in [1.54, 1.807) is 18.5 Å². The Bertz CT molecular complexity index is 972. The molecule has 4 aliphatic rings. The van der Waals surface area contributed by atoms with Gasteiger partial charge in [-0.15, -0.1) is 11.3 Å². The largest absolute Gasteiger partial charge is 0.454 e. The third kappa shape index (κ3) is 4.41. The summed E-state index contributed by atoms with van der Waals surface area (Å²) in [5.74, 6) is -0.174. The first-order valence-corrected chi connectivity index (χ1v) is 12.8.